The Morgan fingerprint density at radius 1 is 1.35 bits per heavy atom. The van der Waals surface area contributed by atoms with Crippen LogP contribution >= 0.6 is 0 Å². The number of benzene rings is 1. The zero-order chi connectivity index (χ0) is 18.4. The van der Waals surface area contributed by atoms with Gasteiger partial charge in [-0.3, -0.25) is 4.72 Å². The highest BCUT2D eigenvalue weighted by atomic mass is 32.2. The van der Waals surface area contributed by atoms with Crippen molar-refractivity contribution in [2.45, 2.75) is 42.6 Å². The van der Waals surface area contributed by atoms with Gasteiger partial charge in [0, 0.05) is 24.9 Å². The molecule has 4 rings (SSSR count). The Morgan fingerprint density at radius 3 is 2.88 bits per heavy atom. The summed E-state index contributed by atoms with van der Waals surface area (Å²) in [6, 6.07) is 5.45. The molecule has 6 nitrogen and oxygen atoms in total. The monoisotopic (exact) mass is 375 g/mol. The number of H-pyrrole nitrogens is 1. The van der Waals surface area contributed by atoms with Crippen molar-refractivity contribution >= 4 is 15.7 Å². The molecule has 1 fully saturated rings. The lowest BCUT2D eigenvalue weighted by molar-refractivity contribution is -0.00742. The Bertz CT molecular complexity index is 1000. The average Bonchev–Trinajstić information content (AvgIpc) is 3.24. The number of nitrogens with zero attached hydrogens (tertiary/aromatic N) is 1. The van der Waals surface area contributed by atoms with Crippen LogP contribution in [0.3, 0.4) is 0 Å². The van der Waals surface area contributed by atoms with Gasteiger partial charge in [0.1, 0.15) is 10.7 Å². The summed E-state index contributed by atoms with van der Waals surface area (Å²) in [5, 5.41) is 8.79. The summed E-state index contributed by atoms with van der Waals surface area (Å²) in [4.78, 5) is 3.21. The molecule has 0 saturated carbocycles. The van der Waals surface area contributed by atoms with Crippen molar-refractivity contribution in [1.82, 2.24) is 4.98 Å². The Kier molecular flexibility index (Phi) is 4.01. The number of hydrogen-bond acceptors (Lipinski definition) is 4. The molecule has 1 aromatic heterocycles. The summed E-state index contributed by atoms with van der Waals surface area (Å²) in [7, 11) is -3.93. The highest BCUT2D eigenvalue weighted by molar-refractivity contribution is 7.92. The van der Waals surface area contributed by atoms with E-state index < -0.39 is 15.8 Å². The second-order valence-corrected chi connectivity index (χ2v) is 8.48. The summed E-state index contributed by atoms with van der Waals surface area (Å²) in [6.45, 7) is 0.751. The minimum atomic E-state index is -3.93. The third-order valence-electron chi connectivity index (χ3n) is 5.19. The zero-order valence-electron chi connectivity index (χ0n) is 14.0. The van der Waals surface area contributed by atoms with Crippen molar-refractivity contribution in [3.63, 3.8) is 0 Å². The molecular formula is C18H18FN3O3S. The Balaban J connectivity index is 1.62. The fourth-order valence-electron chi connectivity index (χ4n) is 3.87. The topological polar surface area (TPSA) is 95.0 Å². The van der Waals surface area contributed by atoms with E-state index >= 15 is 0 Å². The maximum Gasteiger partial charge on any atom is 0.263 e. The van der Waals surface area contributed by atoms with Crippen LogP contribution in [0.1, 0.15) is 36.1 Å². The highest BCUT2D eigenvalue weighted by Gasteiger charge is 2.40. The van der Waals surface area contributed by atoms with Crippen molar-refractivity contribution in [3.8, 4) is 6.07 Å². The van der Waals surface area contributed by atoms with E-state index in [1.165, 1.54) is 18.3 Å². The molecule has 136 valence electrons. The molecule has 2 heterocycles. The predicted molar refractivity (Wildman–Crippen MR) is 92.7 cm³/mol. The van der Waals surface area contributed by atoms with Crippen molar-refractivity contribution in [1.29, 1.82) is 5.26 Å². The largest absolute Gasteiger partial charge is 0.375 e. The van der Waals surface area contributed by atoms with E-state index in [1.807, 2.05) is 6.07 Å². The number of rotatable bonds is 3. The van der Waals surface area contributed by atoms with Crippen molar-refractivity contribution in [2.24, 2.45) is 0 Å². The Morgan fingerprint density at radius 2 is 2.19 bits per heavy atom. The van der Waals surface area contributed by atoms with Crippen LogP contribution in [-0.2, 0) is 27.6 Å². The molecule has 1 aliphatic carbocycles. The maximum absolute atomic E-state index is 14.0. The molecule has 1 atom stereocenters. The summed E-state index contributed by atoms with van der Waals surface area (Å²) in [5.74, 6) is -0.782. The summed E-state index contributed by atoms with van der Waals surface area (Å²) < 4.78 is 47.8. The first-order chi connectivity index (χ1) is 12.4. The second kappa shape index (κ2) is 6.11. The third-order valence-corrected chi connectivity index (χ3v) is 6.62. The van der Waals surface area contributed by atoms with E-state index in [0.717, 1.165) is 43.2 Å². The molecule has 2 N–H and O–H groups in total. The van der Waals surface area contributed by atoms with Crippen LogP contribution in [0.4, 0.5) is 10.1 Å². The van der Waals surface area contributed by atoms with Gasteiger partial charge >= 0.3 is 0 Å². The summed E-state index contributed by atoms with van der Waals surface area (Å²) >= 11 is 0. The molecule has 0 radical (unpaired) electrons. The number of halogens is 1. The predicted octanol–water partition coefficient (Wildman–Crippen LogP) is 2.86. The van der Waals surface area contributed by atoms with E-state index in [9.17, 15) is 12.8 Å². The molecule has 2 aromatic rings. The number of nitrogens with one attached hydrogen (secondary N) is 2. The first-order valence-corrected chi connectivity index (χ1v) is 9.96. The van der Waals surface area contributed by atoms with Gasteiger partial charge in [-0.15, -0.1) is 0 Å². The number of aromatic amines is 1. The average molecular weight is 375 g/mol. The first kappa shape index (κ1) is 17.1. The number of aromatic nitrogens is 1. The van der Waals surface area contributed by atoms with E-state index in [1.54, 1.807) is 0 Å². The van der Waals surface area contributed by atoms with Crippen molar-refractivity contribution in [2.75, 3.05) is 11.3 Å². The summed E-state index contributed by atoms with van der Waals surface area (Å²) in [5.41, 5.74) is 1.40. The second-order valence-electron chi connectivity index (χ2n) is 6.83. The van der Waals surface area contributed by atoms with Crippen molar-refractivity contribution < 1.29 is 17.5 Å². The van der Waals surface area contributed by atoms with Gasteiger partial charge in [-0.25, -0.2) is 12.8 Å². The van der Waals surface area contributed by atoms with Crippen LogP contribution in [0.15, 0.2) is 29.3 Å². The highest BCUT2D eigenvalue weighted by Crippen LogP contribution is 2.40. The molecule has 0 amide bonds. The lowest BCUT2D eigenvalue weighted by Gasteiger charge is -2.32. The summed E-state index contributed by atoms with van der Waals surface area (Å²) in [6.07, 6.45) is 5.53. The normalized spacial score (nSPS) is 22.2. The molecule has 26 heavy (non-hydrogen) atoms. The van der Waals surface area contributed by atoms with E-state index in [0.29, 0.717) is 12.8 Å². The molecule has 2 aliphatic rings. The van der Waals surface area contributed by atoms with Gasteiger partial charge in [-0.2, -0.15) is 5.26 Å². The van der Waals surface area contributed by atoms with Gasteiger partial charge in [-0.05, 0) is 49.4 Å². The fourth-order valence-corrected chi connectivity index (χ4v) is 5.20. The SMILES string of the molecule is N#Cc1ccc(NS(=O)(=O)c2c[nH]c3c2CCC2(CCCO2)C3)c(F)c1. The molecule has 1 saturated heterocycles. The number of ether oxygens (including phenoxy) is 1. The third kappa shape index (κ3) is 2.87. The van der Waals surface area contributed by atoms with Crippen LogP contribution in [0, 0.1) is 17.1 Å². The first-order valence-electron chi connectivity index (χ1n) is 8.48. The number of anilines is 1. The van der Waals surface area contributed by atoms with Crippen LogP contribution in [-0.4, -0.2) is 25.6 Å². The zero-order valence-corrected chi connectivity index (χ0v) is 14.8. The van der Waals surface area contributed by atoms with Crippen molar-refractivity contribution in [3.05, 3.63) is 47.0 Å². The van der Waals surface area contributed by atoms with Gasteiger partial charge in [0.2, 0.25) is 0 Å². The minimum absolute atomic E-state index is 0.131. The van der Waals surface area contributed by atoms with E-state index in [-0.39, 0.29) is 21.7 Å². The van der Waals surface area contributed by atoms with Gasteiger partial charge in [0.15, 0.2) is 0 Å². The van der Waals surface area contributed by atoms with Crippen LogP contribution < -0.4 is 4.72 Å². The lowest BCUT2D eigenvalue weighted by Crippen LogP contribution is -2.35. The van der Waals surface area contributed by atoms with E-state index in [2.05, 4.69) is 9.71 Å². The molecule has 1 unspecified atom stereocenters. The molecule has 8 heteroatoms. The van der Waals surface area contributed by atoms with Gasteiger partial charge < -0.3 is 9.72 Å². The quantitative estimate of drug-likeness (QED) is 0.862. The molecular weight excluding hydrogens is 357 g/mol. The fraction of sp³-hybridized carbons (Fsp3) is 0.389. The minimum Gasteiger partial charge on any atom is -0.375 e. The number of sulfonamides is 1. The smallest absolute Gasteiger partial charge is 0.263 e. The maximum atomic E-state index is 14.0. The standard InChI is InChI=1S/C18H18FN3O3S/c19-14-8-12(10-20)2-3-15(14)22-26(23,24)17-11-21-16-9-18(5-1-7-25-18)6-4-13(16)17/h2-3,8,11,21-22H,1,4-7,9H2. The molecule has 0 bridgehead atoms. The molecule has 1 spiro atoms. The lowest BCUT2D eigenvalue weighted by atomic mass is 9.82. The van der Waals surface area contributed by atoms with Gasteiger partial charge in [-0.1, -0.05) is 0 Å². The number of nitriles is 1. The molecule has 1 aliphatic heterocycles. The van der Waals surface area contributed by atoms with E-state index in [4.69, 9.17) is 10.00 Å². The van der Waals surface area contributed by atoms with Gasteiger partial charge in [0.25, 0.3) is 10.0 Å². The van der Waals surface area contributed by atoms with Crippen LogP contribution in [0.2, 0.25) is 0 Å². The number of hydrogen-bond donors (Lipinski definition) is 2. The Hall–Kier alpha value is -2.37. The Labute approximate surface area is 151 Å². The van der Waals surface area contributed by atoms with Gasteiger partial charge in [0.05, 0.1) is 22.9 Å². The van der Waals surface area contributed by atoms with Crippen LogP contribution in [0.25, 0.3) is 0 Å². The number of fused-ring (bicyclic) bond motifs is 1. The van der Waals surface area contributed by atoms with Crippen LogP contribution in [0.5, 0.6) is 0 Å². The molecule has 1 aromatic carbocycles.